The van der Waals surface area contributed by atoms with E-state index in [1.54, 1.807) is 19.2 Å². The molecule has 6 fully saturated rings. The fraction of sp³-hybridized carbons (Fsp3) is 0.613. The molecule has 0 radical (unpaired) electrons. The molecule has 4 aliphatic carbocycles. The molecule has 0 atom stereocenters. The second-order valence-electron chi connectivity index (χ2n) is 12.7. The summed E-state index contributed by atoms with van der Waals surface area (Å²) in [7, 11) is 1.76. The average Bonchev–Trinajstić information content (AvgIpc) is 3.68. The van der Waals surface area contributed by atoms with Gasteiger partial charge in [0, 0.05) is 61.7 Å². The lowest BCUT2D eigenvalue weighted by atomic mass is 9.39. The predicted molar refractivity (Wildman–Crippen MR) is 144 cm³/mol. The van der Waals surface area contributed by atoms with E-state index in [1.165, 1.54) is 17.7 Å². The molecule has 39 heavy (non-hydrogen) atoms. The molecule has 1 amide bonds. The van der Waals surface area contributed by atoms with Crippen LogP contribution in [0.25, 0.3) is 11.3 Å². The Kier molecular flexibility index (Phi) is 5.94. The summed E-state index contributed by atoms with van der Waals surface area (Å²) in [5.41, 5.74) is 4.11. The van der Waals surface area contributed by atoms with Crippen molar-refractivity contribution in [2.24, 2.45) is 5.41 Å². The Labute approximate surface area is 229 Å². The lowest BCUT2D eigenvalue weighted by Gasteiger charge is -2.72. The molecule has 4 saturated carbocycles. The summed E-state index contributed by atoms with van der Waals surface area (Å²) in [5.74, 6) is 0.917. The molecule has 8 rings (SSSR count). The quantitative estimate of drug-likeness (QED) is 0.421. The highest BCUT2D eigenvalue weighted by Gasteiger charge is 2.73. The number of piperidine rings is 1. The number of methoxy groups -OCH3 is 1. The molecule has 2 aromatic rings. The van der Waals surface area contributed by atoms with Gasteiger partial charge in [-0.25, -0.2) is 14.2 Å². The molecular weight excluding hydrogens is 497 g/mol. The number of pyridine rings is 1. The standard InChI is InChI=1S/C31H38FN3O4/c1-3-38-27-23(14-25(21-4-5-21)26(33-27)22-6-8-24(32)9-7-22)15-34-12-10-31(11-13-34)19-35(28(36)39-31)30-16-29(17-30,18-30)20-37-2/h6-9,14,21H,3-5,10-13,15-20H2,1-2H3. The first-order valence-corrected chi connectivity index (χ1v) is 14.5. The highest BCUT2D eigenvalue weighted by molar-refractivity contribution is 5.73. The highest BCUT2D eigenvalue weighted by Crippen LogP contribution is 2.70. The highest BCUT2D eigenvalue weighted by atomic mass is 19.1. The zero-order valence-corrected chi connectivity index (χ0v) is 23.0. The Morgan fingerprint density at radius 2 is 1.85 bits per heavy atom. The van der Waals surface area contributed by atoms with Gasteiger partial charge in [0.05, 0.1) is 25.5 Å². The van der Waals surface area contributed by atoms with Crippen LogP contribution in [-0.4, -0.2) is 72.0 Å². The van der Waals surface area contributed by atoms with Gasteiger partial charge in [-0.15, -0.1) is 0 Å². The molecule has 8 heteroatoms. The number of hydrogen-bond acceptors (Lipinski definition) is 6. The van der Waals surface area contributed by atoms with Crippen molar-refractivity contribution >= 4 is 6.09 Å². The van der Waals surface area contributed by atoms with E-state index in [0.29, 0.717) is 30.4 Å². The van der Waals surface area contributed by atoms with Crippen LogP contribution >= 0.6 is 0 Å². The zero-order valence-electron chi connectivity index (χ0n) is 23.0. The molecule has 1 aromatic carbocycles. The summed E-state index contributed by atoms with van der Waals surface area (Å²) in [4.78, 5) is 22.4. The summed E-state index contributed by atoms with van der Waals surface area (Å²) < 4.78 is 31.1. The van der Waals surface area contributed by atoms with Crippen molar-refractivity contribution in [2.45, 2.75) is 75.5 Å². The number of carbonyl (C=O) groups is 1. The number of carbonyl (C=O) groups excluding carboxylic acids is 1. The topological polar surface area (TPSA) is 64.1 Å². The van der Waals surface area contributed by atoms with Gasteiger partial charge in [-0.3, -0.25) is 9.80 Å². The minimum absolute atomic E-state index is 0.0137. The molecule has 2 aliphatic heterocycles. The van der Waals surface area contributed by atoms with E-state index in [1.807, 2.05) is 11.8 Å². The number of hydrogen-bond donors (Lipinski definition) is 0. The van der Waals surface area contributed by atoms with E-state index < -0.39 is 0 Å². The van der Waals surface area contributed by atoms with Gasteiger partial charge in [-0.1, -0.05) is 0 Å². The van der Waals surface area contributed by atoms with Crippen molar-refractivity contribution in [3.63, 3.8) is 0 Å². The monoisotopic (exact) mass is 535 g/mol. The molecule has 2 saturated heterocycles. The Balaban J connectivity index is 1.05. The molecule has 6 aliphatic rings. The minimum atomic E-state index is -0.371. The van der Waals surface area contributed by atoms with Crippen LogP contribution in [-0.2, 0) is 16.0 Å². The van der Waals surface area contributed by atoms with Crippen molar-refractivity contribution in [2.75, 3.05) is 40.0 Å². The first kappa shape index (κ1) is 25.3. The van der Waals surface area contributed by atoms with Gasteiger partial charge in [0.2, 0.25) is 5.88 Å². The van der Waals surface area contributed by atoms with Gasteiger partial charge in [0.1, 0.15) is 11.4 Å². The fourth-order valence-electron chi connectivity index (χ4n) is 7.77. The van der Waals surface area contributed by atoms with Crippen molar-refractivity contribution in [3.8, 4) is 17.1 Å². The van der Waals surface area contributed by atoms with Gasteiger partial charge in [0.25, 0.3) is 0 Å². The summed E-state index contributed by atoms with van der Waals surface area (Å²) >= 11 is 0. The van der Waals surface area contributed by atoms with Crippen LogP contribution in [0.3, 0.4) is 0 Å². The summed E-state index contributed by atoms with van der Waals surface area (Å²) in [6.45, 7) is 6.51. The second kappa shape index (κ2) is 9.16. The van der Waals surface area contributed by atoms with Crippen molar-refractivity contribution in [1.29, 1.82) is 0 Å². The number of benzene rings is 1. The zero-order chi connectivity index (χ0) is 26.8. The van der Waals surface area contributed by atoms with Crippen molar-refractivity contribution in [3.05, 3.63) is 47.3 Å². The predicted octanol–water partition coefficient (Wildman–Crippen LogP) is 5.52. The molecule has 0 N–H and O–H groups in total. The second-order valence-corrected chi connectivity index (χ2v) is 12.7. The van der Waals surface area contributed by atoms with Gasteiger partial charge in [0.15, 0.2) is 0 Å². The van der Waals surface area contributed by atoms with E-state index in [0.717, 1.165) is 88.0 Å². The summed E-state index contributed by atoms with van der Waals surface area (Å²) in [5, 5.41) is 0. The third kappa shape index (κ3) is 4.31. The number of rotatable bonds is 9. The lowest BCUT2D eigenvalue weighted by molar-refractivity contribution is -0.223. The number of ether oxygens (including phenoxy) is 3. The maximum Gasteiger partial charge on any atom is 0.410 e. The van der Waals surface area contributed by atoms with Gasteiger partial charge < -0.3 is 14.2 Å². The first-order chi connectivity index (χ1) is 18.9. The SMILES string of the molecule is CCOc1nc(-c2ccc(F)cc2)c(C2CC2)cc1CN1CCC2(CC1)CN(C13CC(COC)(C1)C3)C(=O)O2. The molecule has 3 heterocycles. The number of nitrogens with zero attached hydrogens (tertiary/aromatic N) is 3. The molecule has 7 nitrogen and oxygen atoms in total. The fourth-order valence-corrected chi connectivity index (χ4v) is 7.77. The first-order valence-electron chi connectivity index (χ1n) is 14.5. The maximum atomic E-state index is 13.6. The van der Waals surface area contributed by atoms with Crippen LogP contribution < -0.4 is 4.74 Å². The van der Waals surface area contributed by atoms with Crippen LogP contribution in [0.5, 0.6) is 5.88 Å². The minimum Gasteiger partial charge on any atom is -0.478 e. The summed E-state index contributed by atoms with van der Waals surface area (Å²) in [6.07, 6.45) is 7.03. The van der Waals surface area contributed by atoms with Crippen LogP contribution in [0.1, 0.15) is 68.9 Å². The van der Waals surface area contributed by atoms with Crippen molar-refractivity contribution < 1.29 is 23.4 Å². The van der Waals surface area contributed by atoms with E-state index in [2.05, 4.69) is 11.0 Å². The average molecular weight is 536 g/mol. The molecule has 1 spiro atoms. The number of halogens is 1. The van der Waals surface area contributed by atoms with Crippen LogP contribution in [0, 0.1) is 11.2 Å². The van der Waals surface area contributed by atoms with E-state index in [4.69, 9.17) is 19.2 Å². The maximum absolute atomic E-state index is 13.6. The van der Waals surface area contributed by atoms with Crippen molar-refractivity contribution in [1.82, 2.24) is 14.8 Å². The van der Waals surface area contributed by atoms with E-state index in [-0.39, 0.29) is 23.1 Å². The molecule has 208 valence electrons. The molecule has 2 bridgehead atoms. The number of likely N-dealkylation sites (tertiary alicyclic amines) is 1. The van der Waals surface area contributed by atoms with Crippen LogP contribution in [0.4, 0.5) is 9.18 Å². The molecule has 1 aromatic heterocycles. The third-order valence-electron chi connectivity index (χ3n) is 9.77. The number of amides is 1. The summed E-state index contributed by atoms with van der Waals surface area (Å²) in [6, 6.07) is 8.87. The Morgan fingerprint density at radius 3 is 2.49 bits per heavy atom. The largest absolute Gasteiger partial charge is 0.478 e. The number of aromatic nitrogens is 1. The molecule has 0 unspecified atom stereocenters. The van der Waals surface area contributed by atoms with E-state index >= 15 is 0 Å². The Hall–Kier alpha value is -2.71. The van der Waals surface area contributed by atoms with Crippen LogP contribution in [0.2, 0.25) is 0 Å². The van der Waals surface area contributed by atoms with Crippen LogP contribution in [0.15, 0.2) is 30.3 Å². The molecular formula is C31H38FN3O4. The van der Waals surface area contributed by atoms with Gasteiger partial charge >= 0.3 is 6.09 Å². The normalized spacial score (nSPS) is 29.2. The Bertz CT molecular complexity index is 1250. The van der Waals surface area contributed by atoms with Gasteiger partial charge in [-0.05, 0) is 80.8 Å². The smallest absolute Gasteiger partial charge is 0.410 e. The van der Waals surface area contributed by atoms with Gasteiger partial charge in [-0.2, -0.15) is 0 Å². The third-order valence-corrected chi connectivity index (χ3v) is 9.77. The Morgan fingerprint density at radius 1 is 1.13 bits per heavy atom. The van der Waals surface area contributed by atoms with E-state index in [9.17, 15) is 9.18 Å². The lowest BCUT2D eigenvalue weighted by Crippen LogP contribution is -2.76.